The van der Waals surface area contributed by atoms with Crippen LogP contribution >= 0.6 is 0 Å². The number of morpholine rings is 1. The summed E-state index contributed by atoms with van der Waals surface area (Å²) in [4.78, 5) is 7.23. The van der Waals surface area contributed by atoms with Crippen molar-refractivity contribution in [1.29, 1.82) is 0 Å². The van der Waals surface area contributed by atoms with Gasteiger partial charge in [-0.15, -0.1) is 0 Å². The number of pyridine rings is 1. The Morgan fingerprint density at radius 3 is 3.00 bits per heavy atom. The van der Waals surface area contributed by atoms with E-state index in [-0.39, 0.29) is 0 Å². The predicted octanol–water partition coefficient (Wildman–Crippen LogP) is 1.94. The van der Waals surface area contributed by atoms with Gasteiger partial charge in [0.2, 0.25) is 0 Å². The minimum absolute atomic E-state index is 0.392. The van der Waals surface area contributed by atoms with Crippen LogP contribution in [0.15, 0.2) is 18.2 Å². The highest BCUT2D eigenvalue weighted by molar-refractivity contribution is 5.11. The Hall–Kier alpha value is -0.970. The van der Waals surface area contributed by atoms with Crippen molar-refractivity contribution in [2.24, 2.45) is 0 Å². The van der Waals surface area contributed by atoms with Gasteiger partial charge in [-0.25, -0.2) is 0 Å². The molecule has 0 radical (unpaired) electrons. The molecule has 1 aliphatic heterocycles. The van der Waals surface area contributed by atoms with Crippen molar-refractivity contribution in [1.82, 2.24) is 15.2 Å². The zero-order valence-corrected chi connectivity index (χ0v) is 12.3. The van der Waals surface area contributed by atoms with E-state index in [1.807, 2.05) is 0 Å². The minimum atomic E-state index is 0.392. The molecule has 3 rings (SSSR count). The lowest BCUT2D eigenvalue weighted by molar-refractivity contribution is -0.0328. The molecule has 2 aliphatic rings. The maximum absolute atomic E-state index is 5.72. The zero-order chi connectivity index (χ0) is 13.8. The summed E-state index contributed by atoms with van der Waals surface area (Å²) in [6.45, 7) is 6.93. The van der Waals surface area contributed by atoms with Crippen LogP contribution in [-0.2, 0) is 17.8 Å². The molecule has 1 unspecified atom stereocenters. The average molecular weight is 275 g/mol. The summed E-state index contributed by atoms with van der Waals surface area (Å²) >= 11 is 0. The topological polar surface area (TPSA) is 37.4 Å². The van der Waals surface area contributed by atoms with Crippen LogP contribution in [0.3, 0.4) is 0 Å². The molecule has 110 valence electrons. The van der Waals surface area contributed by atoms with Gasteiger partial charge in [-0.1, -0.05) is 13.0 Å². The molecule has 0 bridgehead atoms. The zero-order valence-electron chi connectivity index (χ0n) is 12.3. The minimum Gasteiger partial charge on any atom is -0.376 e. The first-order valence-electron chi connectivity index (χ1n) is 7.85. The standard InChI is InChI=1S/C16H25N3O/c1-2-16-12-19(8-9-20-16)11-15-5-3-4-14(18-15)10-17-13-6-7-13/h3-5,13,16-17H,2,6-12H2,1H3. The quantitative estimate of drug-likeness (QED) is 0.861. The molecule has 1 saturated heterocycles. The Bertz CT molecular complexity index is 433. The van der Waals surface area contributed by atoms with Crippen LogP contribution in [0.5, 0.6) is 0 Å². The first-order chi connectivity index (χ1) is 9.83. The first-order valence-corrected chi connectivity index (χ1v) is 7.85. The van der Waals surface area contributed by atoms with Gasteiger partial charge in [0.1, 0.15) is 0 Å². The smallest absolute Gasteiger partial charge is 0.0700 e. The number of ether oxygens (including phenoxy) is 1. The van der Waals surface area contributed by atoms with Crippen molar-refractivity contribution in [2.75, 3.05) is 19.7 Å². The van der Waals surface area contributed by atoms with Gasteiger partial charge in [-0.05, 0) is 31.4 Å². The molecular weight excluding hydrogens is 250 g/mol. The van der Waals surface area contributed by atoms with E-state index in [0.29, 0.717) is 6.10 Å². The van der Waals surface area contributed by atoms with E-state index in [9.17, 15) is 0 Å². The summed E-state index contributed by atoms with van der Waals surface area (Å²) in [6.07, 6.45) is 4.14. The van der Waals surface area contributed by atoms with E-state index in [4.69, 9.17) is 9.72 Å². The van der Waals surface area contributed by atoms with Crippen LogP contribution in [0, 0.1) is 0 Å². The summed E-state index contributed by atoms with van der Waals surface area (Å²) in [5.41, 5.74) is 2.34. The summed E-state index contributed by atoms with van der Waals surface area (Å²) < 4.78 is 5.72. The molecule has 1 saturated carbocycles. The summed E-state index contributed by atoms with van der Waals surface area (Å²) in [5, 5.41) is 3.52. The number of nitrogens with zero attached hydrogens (tertiary/aromatic N) is 2. The Labute approximate surface area is 121 Å². The lowest BCUT2D eigenvalue weighted by Gasteiger charge is -2.32. The monoisotopic (exact) mass is 275 g/mol. The highest BCUT2D eigenvalue weighted by Crippen LogP contribution is 2.19. The summed E-state index contributed by atoms with van der Waals surface area (Å²) in [7, 11) is 0. The fraction of sp³-hybridized carbons (Fsp3) is 0.688. The van der Waals surface area contributed by atoms with Crippen LogP contribution in [0.25, 0.3) is 0 Å². The maximum Gasteiger partial charge on any atom is 0.0700 e. The number of nitrogens with one attached hydrogen (secondary N) is 1. The second-order valence-corrected chi connectivity index (χ2v) is 5.91. The normalized spacial score (nSPS) is 23.9. The highest BCUT2D eigenvalue weighted by Gasteiger charge is 2.21. The van der Waals surface area contributed by atoms with Gasteiger partial charge in [0.15, 0.2) is 0 Å². The van der Waals surface area contributed by atoms with Crippen molar-refractivity contribution in [2.45, 2.75) is 51.4 Å². The van der Waals surface area contributed by atoms with Gasteiger partial charge >= 0.3 is 0 Å². The van der Waals surface area contributed by atoms with Gasteiger partial charge in [-0.3, -0.25) is 9.88 Å². The van der Waals surface area contributed by atoms with E-state index in [0.717, 1.165) is 50.9 Å². The van der Waals surface area contributed by atoms with E-state index in [2.05, 4.69) is 35.3 Å². The Morgan fingerprint density at radius 1 is 1.35 bits per heavy atom. The van der Waals surface area contributed by atoms with Crippen molar-refractivity contribution in [3.63, 3.8) is 0 Å². The molecule has 2 heterocycles. The van der Waals surface area contributed by atoms with E-state index in [1.165, 1.54) is 18.5 Å². The van der Waals surface area contributed by atoms with Crippen LogP contribution in [-0.4, -0.2) is 41.7 Å². The molecule has 2 fully saturated rings. The molecule has 4 nitrogen and oxygen atoms in total. The van der Waals surface area contributed by atoms with Gasteiger partial charge in [0.05, 0.1) is 24.1 Å². The molecule has 1 aliphatic carbocycles. The Kier molecular flexibility index (Phi) is 4.65. The third-order valence-corrected chi connectivity index (χ3v) is 4.08. The molecule has 4 heteroatoms. The van der Waals surface area contributed by atoms with Crippen LogP contribution in [0.1, 0.15) is 37.6 Å². The SMILES string of the molecule is CCC1CN(Cc2cccc(CNC3CC3)n2)CCO1. The van der Waals surface area contributed by atoms with Crippen molar-refractivity contribution in [3.05, 3.63) is 29.6 Å². The number of hydrogen-bond donors (Lipinski definition) is 1. The second kappa shape index (κ2) is 6.66. The molecule has 0 spiro atoms. The van der Waals surface area contributed by atoms with Crippen LogP contribution in [0.4, 0.5) is 0 Å². The molecule has 0 aromatic carbocycles. The molecule has 1 N–H and O–H groups in total. The highest BCUT2D eigenvalue weighted by atomic mass is 16.5. The third-order valence-electron chi connectivity index (χ3n) is 4.08. The average Bonchev–Trinajstić information content (AvgIpc) is 3.30. The van der Waals surface area contributed by atoms with Crippen molar-refractivity contribution >= 4 is 0 Å². The van der Waals surface area contributed by atoms with E-state index in [1.54, 1.807) is 0 Å². The van der Waals surface area contributed by atoms with Gasteiger partial charge in [0, 0.05) is 32.2 Å². The molecular formula is C16H25N3O. The number of rotatable bonds is 6. The molecule has 1 aromatic rings. The fourth-order valence-corrected chi connectivity index (χ4v) is 2.65. The fourth-order valence-electron chi connectivity index (χ4n) is 2.65. The lowest BCUT2D eigenvalue weighted by atomic mass is 10.2. The lowest BCUT2D eigenvalue weighted by Crippen LogP contribution is -2.41. The Balaban J connectivity index is 1.54. The van der Waals surface area contributed by atoms with Gasteiger partial charge < -0.3 is 10.1 Å². The maximum atomic E-state index is 5.72. The number of aromatic nitrogens is 1. The van der Waals surface area contributed by atoms with Crippen molar-refractivity contribution in [3.8, 4) is 0 Å². The van der Waals surface area contributed by atoms with Gasteiger partial charge in [0.25, 0.3) is 0 Å². The Morgan fingerprint density at radius 2 is 2.20 bits per heavy atom. The first kappa shape index (κ1) is 14.0. The number of hydrogen-bond acceptors (Lipinski definition) is 4. The molecule has 1 aromatic heterocycles. The predicted molar refractivity (Wildman–Crippen MR) is 79.4 cm³/mol. The molecule has 20 heavy (non-hydrogen) atoms. The third kappa shape index (κ3) is 4.01. The van der Waals surface area contributed by atoms with Crippen LogP contribution < -0.4 is 5.32 Å². The largest absolute Gasteiger partial charge is 0.376 e. The van der Waals surface area contributed by atoms with Crippen molar-refractivity contribution < 1.29 is 4.74 Å². The second-order valence-electron chi connectivity index (χ2n) is 5.91. The molecule has 1 atom stereocenters. The van der Waals surface area contributed by atoms with Crippen LogP contribution in [0.2, 0.25) is 0 Å². The van der Waals surface area contributed by atoms with E-state index < -0.39 is 0 Å². The van der Waals surface area contributed by atoms with Gasteiger partial charge in [-0.2, -0.15) is 0 Å². The summed E-state index contributed by atoms with van der Waals surface area (Å²) in [5.74, 6) is 0. The summed E-state index contributed by atoms with van der Waals surface area (Å²) in [6, 6.07) is 7.12. The molecule has 0 amide bonds. The van der Waals surface area contributed by atoms with E-state index >= 15 is 0 Å².